The van der Waals surface area contributed by atoms with E-state index in [-0.39, 0.29) is 17.7 Å². The zero-order valence-electron chi connectivity index (χ0n) is 10.2. The topological polar surface area (TPSA) is 99.1 Å². The Kier molecular flexibility index (Phi) is 2.57. The van der Waals surface area contributed by atoms with Gasteiger partial charge in [-0.3, -0.25) is 18.7 Å². The summed E-state index contributed by atoms with van der Waals surface area (Å²) in [5.41, 5.74) is -0.722. The molecule has 2 aromatic heterocycles. The van der Waals surface area contributed by atoms with Gasteiger partial charge in [-0.15, -0.1) is 0 Å². The Morgan fingerprint density at radius 2 is 1.89 bits per heavy atom. The molecule has 0 aliphatic carbocycles. The maximum absolute atomic E-state index is 11.9. The van der Waals surface area contributed by atoms with Gasteiger partial charge in [-0.2, -0.15) is 0 Å². The summed E-state index contributed by atoms with van der Waals surface area (Å²) in [6, 6.07) is 0. The van der Waals surface area contributed by atoms with Gasteiger partial charge in [-0.1, -0.05) is 0 Å². The first-order valence-corrected chi connectivity index (χ1v) is 5.19. The first-order valence-electron chi connectivity index (χ1n) is 5.19. The monoisotopic (exact) mass is 252 g/mol. The predicted octanol–water partition coefficient (Wildman–Crippen LogP) is -1.17. The summed E-state index contributed by atoms with van der Waals surface area (Å²) in [6.07, 6.45) is 0. The van der Waals surface area contributed by atoms with Crippen LogP contribution in [-0.4, -0.2) is 29.8 Å². The molecule has 0 aliphatic heterocycles. The van der Waals surface area contributed by atoms with Gasteiger partial charge >= 0.3 is 11.7 Å². The summed E-state index contributed by atoms with van der Waals surface area (Å²) in [5.74, 6) is -0.684. The standard InChI is InChI=1S/C10H12N4O4/c1-5-11-7-8(14(5)4-6(15)16)12(2)10(18)13(3)9(7)17/h4H2,1-3H3,(H,15,16). The average Bonchev–Trinajstić information content (AvgIpc) is 2.61. The lowest BCUT2D eigenvalue weighted by molar-refractivity contribution is -0.137. The number of nitrogens with zero attached hydrogens (tertiary/aromatic N) is 4. The van der Waals surface area contributed by atoms with Crippen molar-refractivity contribution in [1.82, 2.24) is 18.7 Å². The molecule has 0 aromatic carbocycles. The third-order valence-corrected chi connectivity index (χ3v) is 2.82. The van der Waals surface area contributed by atoms with Crippen LogP contribution in [0.15, 0.2) is 9.59 Å². The van der Waals surface area contributed by atoms with Crippen molar-refractivity contribution in [3.8, 4) is 0 Å². The Bertz CT molecular complexity index is 765. The van der Waals surface area contributed by atoms with Crippen LogP contribution in [0.3, 0.4) is 0 Å². The van der Waals surface area contributed by atoms with Crippen molar-refractivity contribution < 1.29 is 9.90 Å². The van der Waals surface area contributed by atoms with E-state index in [2.05, 4.69) is 4.98 Å². The minimum absolute atomic E-state index is 0.0957. The summed E-state index contributed by atoms with van der Waals surface area (Å²) in [6.45, 7) is 1.25. The van der Waals surface area contributed by atoms with Gasteiger partial charge in [-0.25, -0.2) is 9.78 Å². The van der Waals surface area contributed by atoms with E-state index in [4.69, 9.17) is 5.11 Å². The van der Waals surface area contributed by atoms with E-state index in [0.717, 1.165) is 4.57 Å². The van der Waals surface area contributed by atoms with Gasteiger partial charge in [0.15, 0.2) is 11.2 Å². The highest BCUT2D eigenvalue weighted by Crippen LogP contribution is 2.10. The second-order valence-electron chi connectivity index (χ2n) is 4.02. The molecule has 0 saturated heterocycles. The minimum atomic E-state index is -1.06. The number of carbonyl (C=O) groups is 1. The molecule has 18 heavy (non-hydrogen) atoms. The fraction of sp³-hybridized carbons (Fsp3) is 0.400. The smallest absolute Gasteiger partial charge is 0.332 e. The molecule has 2 rings (SSSR count). The molecular weight excluding hydrogens is 240 g/mol. The molecule has 2 aromatic rings. The Balaban J connectivity index is 2.99. The lowest BCUT2D eigenvalue weighted by Crippen LogP contribution is -2.37. The van der Waals surface area contributed by atoms with Crippen LogP contribution in [0.2, 0.25) is 0 Å². The van der Waals surface area contributed by atoms with Crippen molar-refractivity contribution in [2.24, 2.45) is 14.1 Å². The van der Waals surface area contributed by atoms with Gasteiger partial charge in [0.1, 0.15) is 12.4 Å². The summed E-state index contributed by atoms with van der Waals surface area (Å²) < 4.78 is 3.50. The third-order valence-electron chi connectivity index (χ3n) is 2.82. The Hall–Kier alpha value is -2.38. The first-order chi connectivity index (χ1) is 8.34. The maximum atomic E-state index is 11.9. The van der Waals surface area contributed by atoms with Crippen molar-refractivity contribution in [3.63, 3.8) is 0 Å². The molecule has 0 unspecified atom stereocenters. The van der Waals surface area contributed by atoms with Crippen molar-refractivity contribution in [3.05, 3.63) is 26.7 Å². The Labute approximate surface area is 101 Å². The van der Waals surface area contributed by atoms with Crippen LogP contribution in [0.25, 0.3) is 11.2 Å². The van der Waals surface area contributed by atoms with E-state index < -0.39 is 17.2 Å². The third kappa shape index (κ3) is 1.53. The SMILES string of the molecule is Cc1nc2c(=O)n(C)c(=O)n(C)c2n1CC(=O)O. The number of rotatable bonds is 2. The number of aryl methyl sites for hydroxylation is 2. The number of aromatic nitrogens is 4. The van der Waals surface area contributed by atoms with Crippen molar-refractivity contribution >= 4 is 17.1 Å². The zero-order chi connectivity index (χ0) is 13.6. The summed E-state index contributed by atoms with van der Waals surface area (Å²) in [4.78, 5) is 38.5. The van der Waals surface area contributed by atoms with Gasteiger partial charge in [0.2, 0.25) is 0 Å². The highest BCUT2D eigenvalue weighted by molar-refractivity contribution is 5.74. The zero-order valence-corrected chi connectivity index (χ0v) is 10.2. The molecule has 0 aliphatic rings. The van der Waals surface area contributed by atoms with E-state index in [1.807, 2.05) is 0 Å². The predicted molar refractivity (Wildman–Crippen MR) is 62.6 cm³/mol. The van der Waals surface area contributed by atoms with Crippen LogP contribution in [0.1, 0.15) is 5.82 Å². The summed E-state index contributed by atoms with van der Waals surface area (Å²) in [7, 11) is 2.83. The van der Waals surface area contributed by atoms with E-state index in [1.54, 1.807) is 6.92 Å². The fourth-order valence-electron chi connectivity index (χ4n) is 1.92. The van der Waals surface area contributed by atoms with Crippen molar-refractivity contribution in [2.75, 3.05) is 0 Å². The number of fused-ring (bicyclic) bond motifs is 1. The van der Waals surface area contributed by atoms with Crippen LogP contribution >= 0.6 is 0 Å². The quantitative estimate of drug-likeness (QED) is 0.725. The number of imidazole rings is 1. The largest absolute Gasteiger partial charge is 0.480 e. The second kappa shape index (κ2) is 3.83. The highest BCUT2D eigenvalue weighted by Gasteiger charge is 2.17. The molecule has 1 N–H and O–H groups in total. The Morgan fingerprint density at radius 1 is 1.28 bits per heavy atom. The van der Waals surface area contributed by atoms with E-state index in [9.17, 15) is 14.4 Å². The molecule has 0 bridgehead atoms. The molecule has 0 atom stereocenters. The van der Waals surface area contributed by atoms with E-state index in [0.29, 0.717) is 5.82 Å². The van der Waals surface area contributed by atoms with Crippen LogP contribution < -0.4 is 11.2 Å². The van der Waals surface area contributed by atoms with Gasteiger partial charge in [0.05, 0.1) is 0 Å². The molecule has 8 heteroatoms. The number of carboxylic acid groups (broad SMARTS) is 1. The average molecular weight is 252 g/mol. The first kappa shape index (κ1) is 12.1. The van der Waals surface area contributed by atoms with E-state index in [1.165, 1.54) is 23.2 Å². The summed E-state index contributed by atoms with van der Waals surface area (Å²) >= 11 is 0. The molecule has 96 valence electrons. The normalized spacial score (nSPS) is 11.1. The van der Waals surface area contributed by atoms with Crippen molar-refractivity contribution in [2.45, 2.75) is 13.5 Å². The molecule has 0 amide bonds. The number of hydrogen-bond acceptors (Lipinski definition) is 4. The lowest BCUT2D eigenvalue weighted by atomic mass is 10.5. The van der Waals surface area contributed by atoms with Crippen molar-refractivity contribution in [1.29, 1.82) is 0 Å². The van der Waals surface area contributed by atoms with Gasteiger partial charge in [0.25, 0.3) is 5.56 Å². The number of carboxylic acids is 1. The molecule has 0 saturated carbocycles. The summed E-state index contributed by atoms with van der Waals surface area (Å²) in [5, 5.41) is 8.83. The highest BCUT2D eigenvalue weighted by atomic mass is 16.4. The van der Waals surface area contributed by atoms with Crippen LogP contribution in [-0.2, 0) is 25.4 Å². The van der Waals surface area contributed by atoms with E-state index >= 15 is 0 Å². The molecule has 2 heterocycles. The lowest BCUT2D eigenvalue weighted by Gasteiger charge is -2.07. The van der Waals surface area contributed by atoms with Crippen LogP contribution in [0, 0.1) is 6.92 Å². The van der Waals surface area contributed by atoms with Gasteiger partial charge in [-0.05, 0) is 6.92 Å². The maximum Gasteiger partial charge on any atom is 0.332 e. The number of hydrogen-bond donors (Lipinski definition) is 1. The number of aliphatic carboxylic acids is 1. The fourth-order valence-corrected chi connectivity index (χ4v) is 1.92. The molecule has 0 radical (unpaired) electrons. The second-order valence-corrected chi connectivity index (χ2v) is 4.02. The van der Waals surface area contributed by atoms with Gasteiger partial charge in [0, 0.05) is 14.1 Å². The van der Waals surface area contributed by atoms with Gasteiger partial charge < -0.3 is 9.67 Å². The minimum Gasteiger partial charge on any atom is -0.480 e. The molecule has 0 fully saturated rings. The van der Waals surface area contributed by atoms with Crippen LogP contribution in [0.4, 0.5) is 0 Å². The molecular formula is C10H12N4O4. The van der Waals surface area contributed by atoms with Crippen LogP contribution in [0.5, 0.6) is 0 Å². The molecule has 8 nitrogen and oxygen atoms in total. The molecule has 0 spiro atoms. The Morgan fingerprint density at radius 3 is 2.44 bits per heavy atom.